The molecule has 1 aromatic heterocycles. The number of hydrogen-bond donors (Lipinski definition) is 0. The van der Waals surface area contributed by atoms with E-state index in [4.69, 9.17) is 0 Å². The monoisotopic (exact) mass is 228 g/mol. The quantitative estimate of drug-likeness (QED) is 0.683. The molecule has 86 valence electrons. The highest BCUT2D eigenvalue weighted by Gasteiger charge is 2.21. The number of benzene rings is 1. The third kappa shape index (κ3) is 1.80. The molecule has 1 amide bonds. The number of hydrogen-bond acceptors (Lipinski definition) is 3. The van der Waals surface area contributed by atoms with Crippen molar-refractivity contribution in [1.29, 1.82) is 0 Å². The molecule has 5 heteroatoms. The van der Waals surface area contributed by atoms with Gasteiger partial charge in [-0.2, -0.15) is 4.68 Å². The Morgan fingerprint density at radius 1 is 1.24 bits per heavy atom. The molecule has 1 aromatic carbocycles. The van der Waals surface area contributed by atoms with Gasteiger partial charge in [-0.25, -0.2) is 4.79 Å². The van der Waals surface area contributed by atoms with E-state index in [9.17, 15) is 4.79 Å². The van der Waals surface area contributed by atoms with Crippen LogP contribution in [0.5, 0.6) is 0 Å². The third-order valence-corrected chi connectivity index (χ3v) is 3.02. The van der Waals surface area contributed by atoms with E-state index in [0.29, 0.717) is 6.54 Å². The number of aromatic nitrogens is 3. The summed E-state index contributed by atoms with van der Waals surface area (Å²) in [5.74, 6) is 0. The minimum atomic E-state index is -0.114. The van der Waals surface area contributed by atoms with Gasteiger partial charge >= 0.3 is 6.03 Å². The van der Waals surface area contributed by atoms with E-state index in [1.807, 2.05) is 12.1 Å². The lowest BCUT2D eigenvalue weighted by Gasteiger charge is -2.28. The number of nitrogens with zero attached hydrogens (tertiary/aromatic N) is 4. The maximum Gasteiger partial charge on any atom is 0.346 e. The zero-order valence-corrected chi connectivity index (χ0v) is 9.28. The second-order valence-corrected chi connectivity index (χ2v) is 4.07. The van der Waals surface area contributed by atoms with Crippen molar-refractivity contribution < 1.29 is 4.79 Å². The molecule has 5 nitrogen and oxygen atoms in total. The average Bonchev–Trinajstić information content (AvgIpc) is 2.91. The van der Waals surface area contributed by atoms with Crippen molar-refractivity contribution in [2.24, 2.45) is 0 Å². The van der Waals surface area contributed by atoms with Crippen molar-refractivity contribution in [3.63, 3.8) is 0 Å². The van der Waals surface area contributed by atoms with Gasteiger partial charge in [0.05, 0.1) is 12.4 Å². The van der Waals surface area contributed by atoms with Gasteiger partial charge in [0, 0.05) is 13.1 Å². The summed E-state index contributed by atoms with van der Waals surface area (Å²) in [5, 5.41) is 7.37. The smallest absolute Gasteiger partial charge is 0.318 e. The highest BCUT2D eigenvalue weighted by Crippen LogP contribution is 2.18. The lowest BCUT2D eigenvalue weighted by atomic mass is 10.0. The molecule has 2 aromatic rings. The number of carbonyl (C=O) groups excluding carboxylic acids is 1. The second-order valence-electron chi connectivity index (χ2n) is 4.07. The predicted octanol–water partition coefficient (Wildman–Crippen LogP) is 1.30. The van der Waals surface area contributed by atoms with Crippen LogP contribution in [0.3, 0.4) is 0 Å². The minimum absolute atomic E-state index is 0.114. The van der Waals surface area contributed by atoms with Gasteiger partial charge in [-0.3, -0.25) is 0 Å². The molecule has 0 spiro atoms. The van der Waals surface area contributed by atoms with Crippen molar-refractivity contribution in [1.82, 2.24) is 19.9 Å². The van der Waals surface area contributed by atoms with Gasteiger partial charge < -0.3 is 4.90 Å². The molecular formula is C12H12N4O. The van der Waals surface area contributed by atoms with Gasteiger partial charge in [-0.1, -0.05) is 29.5 Å². The summed E-state index contributed by atoms with van der Waals surface area (Å²) in [6.07, 6.45) is 3.98. The van der Waals surface area contributed by atoms with Crippen LogP contribution in [0.25, 0.3) is 0 Å². The first-order valence-corrected chi connectivity index (χ1v) is 5.57. The van der Waals surface area contributed by atoms with Crippen molar-refractivity contribution in [3.05, 3.63) is 47.8 Å². The normalized spacial score (nSPS) is 14.5. The molecule has 1 aliphatic heterocycles. The van der Waals surface area contributed by atoms with E-state index in [0.717, 1.165) is 13.0 Å². The predicted molar refractivity (Wildman–Crippen MR) is 61.4 cm³/mol. The Kier molecular flexibility index (Phi) is 2.36. The Morgan fingerprint density at radius 2 is 2.06 bits per heavy atom. The molecule has 0 unspecified atom stereocenters. The van der Waals surface area contributed by atoms with E-state index in [1.165, 1.54) is 22.0 Å². The molecule has 2 heterocycles. The fourth-order valence-electron chi connectivity index (χ4n) is 2.11. The first kappa shape index (κ1) is 10.0. The molecule has 0 radical (unpaired) electrons. The molecule has 0 saturated heterocycles. The lowest BCUT2D eigenvalue weighted by Crippen LogP contribution is -2.38. The van der Waals surface area contributed by atoms with Crippen LogP contribution in [-0.4, -0.2) is 32.5 Å². The topological polar surface area (TPSA) is 51.0 Å². The first-order chi connectivity index (χ1) is 8.34. The summed E-state index contributed by atoms with van der Waals surface area (Å²) >= 11 is 0. The summed E-state index contributed by atoms with van der Waals surface area (Å²) in [5.41, 5.74) is 2.54. The van der Waals surface area contributed by atoms with Gasteiger partial charge in [0.15, 0.2) is 0 Å². The fraction of sp³-hybridized carbons (Fsp3) is 0.250. The Labute approximate surface area is 98.7 Å². The van der Waals surface area contributed by atoms with Crippen molar-refractivity contribution in [2.45, 2.75) is 13.0 Å². The lowest BCUT2D eigenvalue weighted by molar-refractivity contribution is 0.190. The van der Waals surface area contributed by atoms with Crippen LogP contribution in [0.1, 0.15) is 11.1 Å². The van der Waals surface area contributed by atoms with Crippen molar-refractivity contribution in [3.8, 4) is 0 Å². The SMILES string of the molecule is O=C(N1CCc2ccccc2C1)n1ccnn1. The number of rotatable bonds is 0. The van der Waals surface area contributed by atoms with Crippen LogP contribution in [0, 0.1) is 0 Å². The van der Waals surface area contributed by atoms with E-state index in [-0.39, 0.29) is 6.03 Å². The van der Waals surface area contributed by atoms with Crippen molar-refractivity contribution in [2.75, 3.05) is 6.54 Å². The molecule has 0 atom stereocenters. The highest BCUT2D eigenvalue weighted by molar-refractivity contribution is 5.76. The second kappa shape index (κ2) is 4.01. The third-order valence-electron chi connectivity index (χ3n) is 3.02. The molecule has 0 saturated carbocycles. The Morgan fingerprint density at radius 3 is 2.82 bits per heavy atom. The standard InChI is InChI=1S/C12H12N4O/c17-12(16-8-6-13-14-16)15-7-5-10-3-1-2-4-11(10)9-15/h1-4,6,8H,5,7,9H2. The molecule has 0 N–H and O–H groups in total. The fourth-order valence-corrected chi connectivity index (χ4v) is 2.11. The van der Waals surface area contributed by atoms with E-state index in [1.54, 1.807) is 11.1 Å². The van der Waals surface area contributed by atoms with Crippen LogP contribution in [0.4, 0.5) is 4.79 Å². The zero-order chi connectivity index (χ0) is 11.7. The van der Waals surface area contributed by atoms with Gasteiger partial charge in [0.25, 0.3) is 0 Å². The van der Waals surface area contributed by atoms with E-state index < -0.39 is 0 Å². The largest absolute Gasteiger partial charge is 0.346 e. The Balaban J connectivity index is 1.83. The molecule has 1 aliphatic rings. The van der Waals surface area contributed by atoms with E-state index in [2.05, 4.69) is 22.4 Å². The molecule has 17 heavy (non-hydrogen) atoms. The Hall–Kier alpha value is -2.17. The van der Waals surface area contributed by atoms with Crippen molar-refractivity contribution >= 4 is 6.03 Å². The van der Waals surface area contributed by atoms with Gasteiger partial charge in [0.2, 0.25) is 0 Å². The van der Waals surface area contributed by atoms with Crippen LogP contribution in [0.15, 0.2) is 36.7 Å². The summed E-state index contributed by atoms with van der Waals surface area (Å²) in [6, 6.07) is 8.11. The summed E-state index contributed by atoms with van der Waals surface area (Å²) < 4.78 is 1.27. The van der Waals surface area contributed by atoms with E-state index >= 15 is 0 Å². The minimum Gasteiger partial charge on any atom is -0.318 e. The van der Waals surface area contributed by atoms with Gasteiger partial charge in [-0.05, 0) is 17.5 Å². The number of fused-ring (bicyclic) bond motifs is 1. The first-order valence-electron chi connectivity index (χ1n) is 5.57. The average molecular weight is 228 g/mol. The molecule has 0 aliphatic carbocycles. The molecule has 0 bridgehead atoms. The van der Waals surface area contributed by atoms with Crippen LogP contribution in [0.2, 0.25) is 0 Å². The zero-order valence-electron chi connectivity index (χ0n) is 9.28. The summed E-state index contributed by atoms with van der Waals surface area (Å²) in [4.78, 5) is 13.8. The Bertz CT molecular complexity index is 535. The summed E-state index contributed by atoms with van der Waals surface area (Å²) in [7, 11) is 0. The maximum atomic E-state index is 12.1. The van der Waals surface area contributed by atoms with Crippen LogP contribution < -0.4 is 0 Å². The molecular weight excluding hydrogens is 216 g/mol. The maximum absolute atomic E-state index is 12.1. The molecule has 0 fully saturated rings. The van der Waals surface area contributed by atoms with Crippen LogP contribution >= 0.6 is 0 Å². The molecule has 3 rings (SSSR count). The van der Waals surface area contributed by atoms with Gasteiger partial charge in [0.1, 0.15) is 0 Å². The summed E-state index contributed by atoms with van der Waals surface area (Å²) in [6.45, 7) is 1.38. The highest BCUT2D eigenvalue weighted by atomic mass is 16.2. The van der Waals surface area contributed by atoms with Gasteiger partial charge in [-0.15, -0.1) is 5.10 Å². The number of amides is 1. The van der Waals surface area contributed by atoms with Crippen LogP contribution in [-0.2, 0) is 13.0 Å². The number of carbonyl (C=O) groups is 1.